The first-order valence-electron chi connectivity index (χ1n) is 7.80. The van der Waals surface area contributed by atoms with E-state index in [0.29, 0.717) is 16.4 Å². The average molecular weight is 383 g/mol. The maximum Gasteiger partial charge on any atom is 0.271 e. The Hall–Kier alpha value is -3.46. The largest absolute Gasteiger partial charge is 0.274 e. The summed E-state index contributed by atoms with van der Waals surface area (Å²) in [5.74, 6) is -1.28. The van der Waals surface area contributed by atoms with Crippen LogP contribution in [0, 0.1) is 5.82 Å². The Bertz CT molecular complexity index is 990. The van der Waals surface area contributed by atoms with Crippen LogP contribution >= 0.6 is 11.3 Å². The molecule has 2 amide bonds. The molecule has 0 spiro atoms. The Balaban J connectivity index is 1.74. The van der Waals surface area contributed by atoms with Crippen LogP contribution in [0.15, 0.2) is 59.3 Å². The highest BCUT2D eigenvalue weighted by atomic mass is 32.1. The molecule has 0 aliphatic heterocycles. The number of carbonyl (C=O) groups excluding carboxylic acids is 2. The fraction of sp³-hybridized carbons (Fsp3) is 0.0556. The number of benzene rings is 1. The van der Waals surface area contributed by atoms with Crippen molar-refractivity contribution in [2.24, 2.45) is 5.10 Å². The molecule has 0 atom stereocenters. The molecule has 7 nitrogen and oxygen atoms in total. The lowest BCUT2D eigenvalue weighted by atomic mass is 10.3. The molecule has 0 radical (unpaired) electrons. The number of pyridine rings is 1. The minimum atomic E-state index is -0.525. The van der Waals surface area contributed by atoms with E-state index >= 15 is 0 Å². The van der Waals surface area contributed by atoms with E-state index in [9.17, 15) is 14.0 Å². The number of nitrogens with zero attached hydrogens (tertiary/aromatic N) is 4. The van der Waals surface area contributed by atoms with Crippen LogP contribution in [0.25, 0.3) is 0 Å². The van der Waals surface area contributed by atoms with Gasteiger partial charge >= 0.3 is 0 Å². The fourth-order valence-corrected chi connectivity index (χ4v) is 3.03. The predicted octanol–water partition coefficient (Wildman–Crippen LogP) is 3.13. The second-order valence-corrected chi connectivity index (χ2v) is 6.13. The van der Waals surface area contributed by atoms with Gasteiger partial charge in [-0.05, 0) is 24.3 Å². The zero-order chi connectivity index (χ0) is 19.2. The minimum absolute atomic E-state index is 0.119. The van der Waals surface area contributed by atoms with Crippen molar-refractivity contribution in [3.8, 4) is 0 Å². The molecule has 0 saturated heterocycles. The Morgan fingerprint density at radius 2 is 1.96 bits per heavy atom. The first-order valence-corrected chi connectivity index (χ1v) is 8.68. The lowest BCUT2D eigenvalue weighted by molar-refractivity contribution is -0.115. The molecule has 0 saturated carbocycles. The number of hydrazone groups is 1. The van der Waals surface area contributed by atoms with Gasteiger partial charge in [0.1, 0.15) is 5.82 Å². The van der Waals surface area contributed by atoms with E-state index in [1.807, 2.05) is 0 Å². The highest BCUT2D eigenvalue weighted by Gasteiger charge is 2.20. The molecule has 3 aromatic rings. The number of carbonyl (C=O) groups is 2. The summed E-state index contributed by atoms with van der Waals surface area (Å²) in [6, 6.07) is 9.08. The van der Waals surface area contributed by atoms with Crippen LogP contribution in [-0.2, 0) is 4.79 Å². The Morgan fingerprint density at radius 3 is 2.67 bits per heavy atom. The molecule has 0 aliphatic rings. The summed E-state index contributed by atoms with van der Waals surface area (Å²) in [4.78, 5) is 33.2. The number of nitrogens with one attached hydrogen (secondary N) is 1. The summed E-state index contributed by atoms with van der Waals surface area (Å²) in [5.41, 5.74) is 3.34. The second-order valence-electron chi connectivity index (χ2n) is 5.30. The summed E-state index contributed by atoms with van der Waals surface area (Å²) in [7, 11) is 0. The van der Waals surface area contributed by atoms with Gasteiger partial charge in [-0.15, -0.1) is 11.3 Å². The van der Waals surface area contributed by atoms with Crippen molar-refractivity contribution < 1.29 is 14.0 Å². The Morgan fingerprint density at radius 1 is 1.22 bits per heavy atom. The van der Waals surface area contributed by atoms with Crippen molar-refractivity contribution >= 4 is 40.2 Å². The van der Waals surface area contributed by atoms with Gasteiger partial charge < -0.3 is 0 Å². The molecule has 1 N–H and O–H groups in total. The highest BCUT2D eigenvalue weighted by molar-refractivity contribution is 7.14. The maximum absolute atomic E-state index is 14.0. The van der Waals surface area contributed by atoms with Gasteiger partial charge in [-0.1, -0.05) is 12.1 Å². The van der Waals surface area contributed by atoms with E-state index in [-0.39, 0.29) is 17.5 Å². The van der Waals surface area contributed by atoms with Crippen LogP contribution in [0.4, 0.5) is 15.2 Å². The van der Waals surface area contributed by atoms with Crippen molar-refractivity contribution in [2.75, 3.05) is 4.90 Å². The molecule has 0 fully saturated rings. The maximum atomic E-state index is 14.0. The van der Waals surface area contributed by atoms with Gasteiger partial charge in [-0.25, -0.2) is 14.8 Å². The van der Waals surface area contributed by atoms with E-state index in [2.05, 4.69) is 20.5 Å². The number of para-hydroxylation sites is 1. The van der Waals surface area contributed by atoms with Crippen molar-refractivity contribution in [1.29, 1.82) is 0 Å². The minimum Gasteiger partial charge on any atom is -0.274 e. The van der Waals surface area contributed by atoms with E-state index in [1.54, 1.807) is 29.6 Å². The van der Waals surface area contributed by atoms with Crippen LogP contribution in [0.1, 0.15) is 23.0 Å². The van der Waals surface area contributed by atoms with E-state index in [4.69, 9.17) is 0 Å². The van der Waals surface area contributed by atoms with Gasteiger partial charge in [-0.3, -0.25) is 19.5 Å². The standard InChI is InChI=1S/C18H14FN5O2S/c1-12(25)24(16-5-3-2-4-15(16)19)18-22-14(11-27-18)10-21-23-17(26)13-6-8-20-9-7-13/h2-11H,1H3,(H,23,26)/b21-10-. The number of rotatable bonds is 5. The van der Waals surface area contributed by atoms with Crippen molar-refractivity contribution in [2.45, 2.75) is 6.92 Å². The van der Waals surface area contributed by atoms with Gasteiger partial charge in [0.2, 0.25) is 5.91 Å². The molecule has 2 heterocycles. The third-order valence-corrected chi connectivity index (χ3v) is 4.26. The topological polar surface area (TPSA) is 87.5 Å². The SMILES string of the molecule is CC(=O)N(c1nc(/C=N\NC(=O)c2ccncc2)cs1)c1ccccc1F. The van der Waals surface area contributed by atoms with Crippen LogP contribution in [0.5, 0.6) is 0 Å². The smallest absolute Gasteiger partial charge is 0.271 e. The summed E-state index contributed by atoms with van der Waals surface area (Å²) in [6.45, 7) is 1.33. The third-order valence-electron chi connectivity index (χ3n) is 3.41. The number of anilines is 2. The van der Waals surface area contributed by atoms with Crippen LogP contribution in [0.3, 0.4) is 0 Å². The lowest BCUT2D eigenvalue weighted by Gasteiger charge is -2.18. The van der Waals surface area contributed by atoms with Gasteiger partial charge in [-0.2, -0.15) is 5.10 Å². The number of halogens is 1. The monoisotopic (exact) mass is 383 g/mol. The van der Waals surface area contributed by atoms with Crippen molar-refractivity contribution in [3.05, 3.63) is 71.2 Å². The lowest BCUT2D eigenvalue weighted by Crippen LogP contribution is -2.23. The quantitative estimate of drug-likeness (QED) is 0.542. The summed E-state index contributed by atoms with van der Waals surface area (Å²) in [5, 5.41) is 5.79. The van der Waals surface area contributed by atoms with Crippen LogP contribution in [0.2, 0.25) is 0 Å². The predicted molar refractivity (Wildman–Crippen MR) is 101 cm³/mol. The van der Waals surface area contributed by atoms with E-state index < -0.39 is 5.82 Å². The first kappa shape index (κ1) is 18.3. The summed E-state index contributed by atoms with van der Waals surface area (Å²) >= 11 is 1.16. The first-order chi connectivity index (χ1) is 13.1. The molecule has 0 aliphatic carbocycles. The second kappa shape index (κ2) is 8.28. The molecule has 3 rings (SSSR count). The zero-order valence-corrected chi connectivity index (χ0v) is 15.0. The normalized spacial score (nSPS) is 10.7. The molecule has 27 heavy (non-hydrogen) atoms. The van der Waals surface area contributed by atoms with Crippen molar-refractivity contribution in [1.82, 2.24) is 15.4 Å². The third kappa shape index (κ3) is 4.39. The Kier molecular flexibility index (Phi) is 5.62. The van der Waals surface area contributed by atoms with E-state index in [1.165, 1.54) is 42.6 Å². The molecular formula is C18H14FN5O2S. The summed E-state index contributed by atoms with van der Waals surface area (Å²) in [6.07, 6.45) is 4.35. The number of hydrogen-bond donors (Lipinski definition) is 1. The van der Waals surface area contributed by atoms with Gasteiger partial charge in [0.25, 0.3) is 5.91 Å². The van der Waals surface area contributed by atoms with Gasteiger partial charge in [0.05, 0.1) is 17.6 Å². The molecule has 0 bridgehead atoms. The van der Waals surface area contributed by atoms with Crippen molar-refractivity contribution in [3.63, 3.8) is 0 Å². The van der Waals surface area contributed by atoms with Gasteiger partial charge in [0, 0.05) is 30.3 Å². The molecule has 0 unspecified atom stereocenters. The summed E-state index contributed by atoms with van der Waals surface area (Å²) < 4.78 is 14.0. The number of thiazole rings is 1. The number of amides is 2. The number of aromatic nitrogens is 2. The molecule has 1 aromatic carbocycles. The molecule has 9 heteroatoms. The van der Waals surface area contributed by atoms with Crippen LogP contribution in [-0.4, -0.2) is 28.0 Å². The number of hydrogen-bond acceptors (Lipinski definition) is 6. The molecular weight excluding hydrogens is 369 g/mol. The highest BCUT2D eigenvalue weighted by Crippen LogP contribution is 2.30. The molecule has 136 valence electrons. The Labute approximate surface area is 158 Å². The van der Waals surface area contributed by atoms with Gasteiger partial charge in [0.15, 0.2) is 5.13 Å². The van der Waals surface area contributed by atoms with Crippen LogP contribution < -0.4 is 10.3 Å². The fourth-order valence-electron chi connectivity index (χ4n) is 2.20. The average Bonchev–Trinajstić information content (AvgIpc) is 3.12. The molecule has 2 aromatic heterocycles. The van der Waals surface area contributed by atoms with E-state index in [0.717, 1.165) is 11.3 Å². The zero-order valence-electron chi connectivity index (χ0n) is 14.2.